The minimum atomic E-state index is 0.599. The van der Waals surface area contributed by atoms with Crippen molar-refractivity contribution in [2.45, 2.75) is 51.5 Å². The summed E-state index contributed by atoms with van der Waals surface area (Å²) < 4.78 is 2.21. The van der Waals surface area contributed by atoms with Crippen LogP contribution in [0.5, 0.6) is 0 Å². The Balaban J connectivity index is 2.27. The predicted octanol–water partition coefficient (Wildman–Crippen LogP) is 2.23. The highest BCUT2D eigenvalue weighted by Gasteiger charge is 2.21. The molecule has 1 saturated carbocycles. The lowest BCUT2D eigenvalue weighted by Gasteiger charge is -2.21. The number of hydrogen-bond donors (Lipinski definition) is 1. The highest BCUT2D eigenvalue weighted by molar-refractivity contribution is 5.18. The summed E-state index contributed by atoms with van der Waals surface area (Å²) in [6.45, 7) is 2.66. The zero-order valence-electron chi connectivity index (χ0n) is 9.79. The number of nitrogens with zero attached hydrogens (tertiary/aromatic N) is 2. The van der Waals surface area contributed by atoms with Crippen LogP contribution in [-0.2, 0) is 13.6 Å². The van der Waals surface area contributed by atoms with Gasteiger partial charge in [0.15, 0.2) is 0 Å². The zero-order valence-corrected chi connectivity index (χ0v) is 9.79. The number of nitrogens with two attached hydrogens (primary N) is 1. The van der Waals surface area contributed by atoms with Crippen LogP contribution in [0, 0.1) is 6.92 Å². The van der Waals surface area contributed by atoms with E-state index in [9.17, 15) is 0 Å². The summed E-state index contributed by atoms with van der Waals surface area (Å²) in [6.07, 6.45) is 6.70. The van der Waals surface area contributed by atoms with Crippen LogP contribution >= 0.6 is 0 Å². The fourth-order valence-electron chi connectivity index (χ4n) is 2.70. The summed E-state index contributed by atoms with van der Waals surface area (Å²) in [6, 6.07) is 0. The van der Waals surface area contributed by atoms with E-state index >= 15 is 0 Å². The largest absolute Gasteiger partial charge is 0.333 e. The fourth-order valence-corrected chi connectivity index (χ4v) is 2.70. The Kier molecular flexibility index (Phi) is 3.10. The topological polar surface area (TPSA) is 43.8 Å². The number of imidazole rings is 1. The Morgan fingerprint density at radius 3 is 2.53 bits per heavy atom. The van der Waals surface area contributed by atoms with E-state index in [1.54, 1.807) is 0 Å². The van der Waals surface area contributed by atoms with Gasteiger partial charge in [0.1, 0.15) is 5.82 Å². The van der Waals surface area contributed by atoms with Gasteiger partial charge in [0.25, 0.3) is 0 Å². The first-order valence-corrected chi connectivity index (χ1v) is 5.96. The average molecular weight is 207 g/mol. The lowest BCUT2D eigenvalue weighted by molar-refractivity contribution is 0.420. The lowest BCUT2D eigenvalue weighted by atomic mass is 9.89. The molecular formula is C12H21N3. The first kappa shape index (κ1) is 10.7. The summed E-state index contributed by atoms with van der Waals surface area (Å²) in [5.74, 6) is 1.93. The molecule has 1 aromatic heterocycles. The van der Waals surface area contributed by atoms with Crippen LogP contribution in [-0.4, -0.2) is 9.55 Å². The Labute approximate surface area is 91.7 Å². The molecule has 1 aliphatic carbocycles. The van der Waals surface area contributed by atoms with Crippen LogP contribution in [0.1, 0.15) is 55.2 Å². The van der Waals surface area contributed by atoms with Crippen LogP contribution in [0.25, 0.3) is 0 Å². The van der Waals surface area contributed by atoms with Gasteiger partial charge in [0, 0.05) is 19.5 Å². The van der Waals surface area contributed by atoms with Gasteiger partial charge in [0.05, 0.1) is 11.4 Å². The van der Waals surface area contributed by atoms with Gasteiger partial charge in [-0.15, -0.1) is 0 Å². The van der Waals surface area contributed by atoms with Crippen molar-refractivity contribution in [1.82, 2.24) is 9.55 Å². The van der Waals surface area contributed by atoms with E-state index in [-0.39, 0.29) is 0 Å². The Morgan fingerprint density at radius 1 is 1.33 bits per heavy atom. The van der Waals surface area contributed by atoms with Crippen molar-refractivity contribution < 1.29 is 0 Å². The first-order chi connectivity index (χ1) is 7.24. The first-order valence-electron chi connectivity index (χ1n) is 5.96. The predicted molar refractivity (Wildman–Crippen MR) is 61.7 cm³/mol. The molecule has 1 fully saturated rings. The van der Waals surface area contributed by atoms with E-state index in [0.717, 1.165) is 5.69 Å². The second kappa shape index (κ2) is 4.35. The van der Waals surface area contributed by atoms with Crippen molar-refractivity contribution >= 4 is 0 Å². The van der Waals surface area contributed by atoms with Crippen LogP contribution in [0.4, 0.5) is 0 Å². The van der Waals surface area contributed by atoms with Gasteiger partial charge in [-0.3, -0.25) is 0 Å². The third-order valence-corrected chi connectivity index (χ3v) is 3.61. The zero-order chi connectivity index (χ0) is 10.8. The quantitative estimate of drug-likeness (QED) is 0.808. The molecule has 2 N–H and O–H groups in total. The summed E-state index contributed by atoms with van der Waals surface area (Å²) in [5.41, 5.74) is 8.04. The molecule has 0 saturated heterocycles. The van der Waals surface area contributed by atoms with E-state index in [1.165, 1.54) is 43.6 Å². The van der Waals surface area contributed by atoms with E-state index < -0.39 is 0 Å². The van der Waals surface area contributed by atoms with Crippen LogP contribution in [0.3, 0.4) is 0 Å². The van der Waals surface area contributed by atoms with Crippen molar-refractivity contribution in [1.29, 1.82) is 0 Å². The van der Waals surface area contributed by atoms with Crippen molar-refractivity contribution in [2.75, 3.05) is 0 Å². The molecule has 1 heterocycles. The van der Waals surface area contributed by atoms with E-state index in [0.29, 0.717) is 12.5 Å². The maximum Gasteiger partial charge on any atom is 0.112 e. The van der Waals surface area contributed by atoms with E-state index in [4.69, 9.17) is 5.73 Å². The minimum Gasteiger partial charge on any atom is -0.333 e. The van der Waals surface area contributed by atoms with E-state index in [1.807, 2.05) is 0 Å². The Bertz CT molecular complexity index is 335. The maximum absolute atomic E-state index is 5.73. The maximum atomic E-state index is 5.73. The summed E-state index contributed by atoms with van der Waals surface area (Å²) >= 11 is 0. The molecule has 0 spiro atoms. The standard InChI is InChI=1S/C12H21N3/c1-9-11(8-13)15(2)12(14-9)10-6-4-3-5-7-10/h10H,3-8,13H2,1-2H3. The van der Waals surface area contributed by atoms with Crippen LogP contribution in [0.15, 0.2) is 0 Å². The van der Waals surface area contributed by atoms with Crippen molar-refractivity contribution in [3.8, 4) is 0 Å². The molecule has 1 aliphatic rings. The monoisotopic (exact) mass is 207 g/mol. The van der Waals surface area contributed by atoms with E-state index in [2.05, 4.69) is 23.5 Å². The van der Waals surface area contributed by atoms with Crippen LogP contribution in [0.2, 0.25) is 0 Å². The summed E-state index contributed by atoms with van der Waals surface area (Å²) in [5, 5.41) is 0. The third kappa shape index (κ3) is 1.93. The van der Waals surface area contributed by atoms with Gasteiger partial charge in [0.2, 0.25) is 0 Å². The second-order valence-corrected chi connectivity index (χ2v) is 4.60. The van der Waals surface area contributed by atoms with Crippen molar-refractivity contribution in [2.24, 2.45) is 12.8 Å². The highest BCUT2D eigenvalue weighted by Crippen LogP contribution is 2.32. The molecule has 84 valence electrons. The fraction of sp³-hybridized carbons (Fsp3) is 0.750. The molecule has 0 atom stereocenters. The lowest BCUT2D eigenvalue weighted by Crippen LogP contribution is -2.12. The normalized spacial score (nSPS) is 18.3. The van der Waals surface area contributed by atoms with Gasteiger partial charge in [-0.2, -0.15) is 0 Å². The molecule has 1 aromatic rings. The summed E-state index contributed by atoms with van der Waals surface area (Å²) in [4.78, 5) is 4.69. The third-order valence-electron chi connectivity index (χ3n) is 3.61. The Morgan fingerprint density at radius 2 is 2.00 bits per heavy atom. The van der Waals surface area contributed by atoms with Gasteiger partial charge in [-0.25, -0.2) is 4.98 Å². The van der Waals surface area contributed by atoms with Crippen molar-refractivity contribution in [3.63, 3.8) is 0 Å². The molecule has 0 aromatic carbocycles. The van der Waals surface area contributed by atoms with Gasteiger partial charge >= 0.3 is 0 Å². The number of aromatic nitrogens is 2. The molecule has 3 heteroatoms. The number of hydrogen-bond acceptors (Lipinski definition) is 2. The molecular weight excluding hydrogens is 186 g/mol. The van der Waals surface area contributed by atoms with Crippen LogP contribution < -0.4 is 5.73 Å². The van der Waals surface area contributed by atoms with Gasteiger partial charge < -0.3 is 10.3 Å². The molecule has 0 unspecified atom stereocenters. The molecule has 3 nitrogen and oxygen atoms in total. The highest BCUT2D eigenvalue weighted by atomic mass is 15.1. The van der Waals surface area contributed by atoms with Crippen molar-refractivity contribution in [3.05, 3.63) is 17.2 Å². The SMILES string of the molecule is Cc1nc(C2CCCCC2)n(C)c1CN. The molecule has 0 bridgehead atoms. The molecule has 0 aliphatic heterocycles. The van der Waals surface area contributed by atoms with Gasteiger partial charge in [-0.05, 0) is 19.8 Å². The Hall–Kier alpha value is -0.830. The minimum absolute atomic E-state index is 0.599. The molecule has 0 amide bonds. The number of aryl methyl sites for hydroxylation is 1. The summed E-state index contributed by atoms with van der Waals surface area (Å²) in [7, 11) is 2.10. The molecule has 2 rings (SSSR count). The van der Waals surface area contributed by atoms with Gasteiger partial charge in [-0.1, -0.05) is 19.3 Å². The number of rotatable bonds is 2. The smallest absolute Gasteiger partial charge is 0.112 e. The average Bonchev–Trinajstić information content (AvgIpc) is 2.55. The molecule has 15 heavy (non-hydrogen) atoms. The molecule has 0 radical (unpaired) electrons. The second-order valence-electron chi connectivity index (χ2n) is 4.60.